The van der Waals surface area contributed by atoms with Crippen molar-refractivity contribution < 1.29 is 42.2 Å². The molecule has 2 aromatic carbocycles. The maximum absolute atomic E-state index is 15.3. The van der Waals surface area contributed by atoms with Gasteiger partial charge in [-0.1, -0.05) is 65.2 Å². The number of allylic oxidation sites excluding steroid dienone is 2. The number of fused-ring (bicyclic) bond motifs is 4. The maximum Gasteiger partial charge on any atom is 0.417 e. The molecule has 4 aromatic rings. The van der Waals surface area contributed by atoms with Crippen molar-refractivity contribution >= 4 is 64.0 Å². The van der Waals surface area contributed by atoms with Crippen molar-refractivity contribution in [1.29, 1.82) is 0 Å². The minimum absolute atomic E-state index is 0.00656. The number of rotatable bonds is 9. The molecule has 8 rings (SSSR count). The smallest absolute Gasteiger partial charge is 0.417 e. The van der Waals surface area contributed by atoms with Crippen LogP contribution in [0.2, 0.25) is 10.0 Å². The molecular weight excluding hydrogens is 780 g/mol. The molecule has 16 heteroatoms. The molecule has 6 unspecified atom stereocenters. The van der Waals surface area contributed by atoms with E-state index in [1.807, 2.05) is 23.6 Å². The van der Waals surface area contributed by atoms with Gasteiger partial charge in [-0.25, -0.2) is 4.98 Å². The summed E-state index contributed by atoms with van der Waals surface area (Å²) >= 11 is 14.0. The van der Waals surface area contributed by atoms with Crippen molar-refractivity contribution in [1.82, 2.24) is 14.9 Å². The SMILES string of the molecule is O=C1C2CC=C3C(CC4C(=O)N(Nc5ncc(C(F)(F)F)cc5Cl)C(=O)C4(c4ccc(Cl)cc4)C3c3ccc(OCCO)cc3)C2C(=O)N1Cc1cccs1. The van der Waals surface area contributed by atoms with Crippen molar-refractivity contribution in [2.24, 2.45) is 23.7 Å². The minimum Gasteiger partial charge on any atom is -0.491 e. The lowest BCUT2D eigenvalue weighted by Crippen LogP contribution is -2.53. The van der Waals surface area contributed by atoms with Gasteiger partial charge in [0.2, 0.25) is 11.8 Å². The van der Waals surface area contributed by atoms with Crippen LogP contribution in [0.15, 0.2) is 90.0 Å². The van der Waals surface area contributed by atoms with Crippen molar-refractivity contribution in [2.45, 2.75) is 36.9 Å². The van der Waals surface area contributed by atoms with Crippen LogP contribution in [0, 0.1) is 23.7 Å². The van der Waals surface area contributed by atoms with Gasteiger partial charge in [0.25, 0.3) is 11.8 Å². The van der Waals surface area contributed by atoms with Gasteiger partial charge in [-0.3, -0.25) is 29.5 Å². The molecule has 4 aliphatic rings. The fourth-order valence-corrected chi connectivity index (χ4v) is 9.88. The number of pyridine rings is 1. The molecule has 55 heavy (non-hydrogen) atoms. The second-order valence-electron chi connectivity index (χ2n) is 13.9. The Balaban J connectivity index is 1.28. The maximum atomic E-state index is 15.3. The predicted molar refractivity (Wildman–Crippen MR) is 196 cm³/mol. The molecule has 10 nitrogen and oxygen atoms in total. The fraction of sp³-hybridized carbons (Fsp3) is 0.308. The normalized spacial score (nSPS) is 26.1. The Bertz CT molecular complexity index is 2220. The van der Waals surface area contributed by atoms with E-state index in [-0.39, 0.29) is 50.2 Å². The van der Waals surface area contributed by atoms with Crippen LogP contribution < -0.4 is 10.2 Å². The molecule has 2 N–H and O–H groups in total. The van der Waals surface area contributed by atoms with Gasteiger partial charge in [0.15, 0.2) is 5.82 Å². The Morgan fingerprint density at radius 2 is 1.73 bits per heavy atom. The van der Waals surface area contributed by atoms with Crippen LogP contribution in [-0.4, -0.2) is 56.8 Å². The summed E-state index contributed by atoms with van der Waals surface area (Å²) in [7, 11) is 0. The molecule has 2 aromatic heterocycles. The summed E-state index contributed by atoms with van der Waals surface area (Å²) in [6.45, 7) is -0.0459. The summed E-state index contributed by atoms with van der Waals surface area (Å²) in [4.78, 5) is 64.3. The number of hydrogen-bond acceptors (Lipinski definition) is 9. The van der Waals surface area contributed by atoms with E-state index in [4.69, 9.17) is 27.9 Å². The first kappa shape index (κ1) is 37.2. The molecule has 3 fully saturated rings. The molecule has 2 aliphatic heterocycles. The zero-order valence-corrected chi connectivity index (χ0v) is 31.0. The van der Waals surface area contributed by atoms with Gasteiger partial charge in [0.05, 0.1) is 46.9 Å². The summed E-state index contributed by atoms with van der Waals surface area (Å²) in [5, 5.41) is 11.8. The van der Waals surface area contributed by atoms with Gasteiger partial charge in [0.1, 0.15) is 12.4 Å². The highest BCUT2D eigenvalue weighted by Crippen LogP contribution is 2.64. The molecule has 2 saturated heterocycles. The van der Waals surface area contributed by atoms with Crippen molar-refractivity contribution in [3.8, 4) is 5.75 Å². The number of thiophene rings is 1. The van der Waals surface area contributed by atoms with Crippen LogP contribution >= 0.6 is 34.5 Å². The lowest BCUT2D eigenvalue weighted by atomic mass is 9.49. The van der Waals surface area contributed by atoms with E-state index in [1.54, 1.807) is 48.5 Å². The van der Waals surface area contributed by atoms with E-state index in [1.165, 1.54) is 16.2 Å². The molecule has 284 valence electrons. The number of halogens is 5. The minimum atomic E-state index is -4.74. The fourth-order valence-electron chi connectivity index (χ4n) is 8.86. The van der Waals surface area contributed by atoms with Gasteiger partial charge >= 0.3 is 6.18 Å². The Kier molecular flexibility index (Phi) is 9.51. The summed E-state index contributed by atoms with van der Waals surface area (Å²) in [6, 6.07) is 17.8. The monoisotopic (exact) mass is 810 g/mol. The van der Waals surface area contributed by atoms with Crippen LogP contribution in [0.5, 0.6) is 5.75 Å². The number of amides is 4. The first-order chi connectivity index (χ1) is 26.3. The summed E-state index contributed by atoms with van der Waals surface area (Å²) in [5.74, 6) is -6.09. The number of aromatic nitrogens is 1. The third-order valence-electron chi connectivity index (χ3n) is 11.1. The molecule has 2 aliphatic carbocycles. The number of imide groups is 2. The Morgan fingerprint density at radius 1 is 0.982 bits per heavy atom. The molecule has 0 radical (unpaired) electrons. The number of benzene rings is 2. The van der Waals surface area contributed by atoms with E-state index in [0.717, 1.165) is 9.89 Å². The topological polar surface area (TPSA) is 129 Å². The van der Waals surface area contributed by atoms with Gasteiger partial charge < -0.3 is 9.84 Å². The third kappa shape index (κ3) is 6.10. The lowest BCUT2D eigenvalue weighted by molar-refractivity contribution is -0.142. The number of nitrogens with one attached hydrogen (secondary N) is 1. The summed E-state index contributed by atoms with van der Waals surface area (Å²) < 4.78 is 46.0. The Hall–Kier alpha value is -4.76. The second kappa shape index (κ2) is 14.1. The van der Waals surface area contributed by atoms with Gasteiger partial charge in [-0.05, 0) is 71.7 Å². The second-order valence-corrected chi connectivity index (χ2v) is 15.8. The first-order valence-electron chi connectivity index (χ1n) is 17.4. The molecule has 0 bridgehead atoms. The van der Waals surface area contributed by atoms with Crippen LogP contribution in [0.25, 0.3) is 0 Å². The number of carbonyl (C=O) groups is 4. The summed E-state index contributed by atoms with van der Waals surface area (Å²) in [5.41, 5.74) is 1.61. The highest BCUT2D eigenvalue weighted by molar-refractivity contribution is 7.09. The lowest BCUT2D eigenvalue weighted by Gasteiger charge is -2.50. The Labute approximate surface area is 326 Å². The van der Waals surface area contributed by atoms with Crippen molar-refractivity contribution in [2.75, 3.05) is 18.6 Å². The number of aliphatic hydroxyl groups is 1. The number of nitrogens with zero attached hydrogens (tertiary/aromatic N) is 3. The van der Waals surface area contributed by atoms with Crippen LogP contribution in [0.4, 0.5) is 19.0 Å². The average molecular weight is 812 g/mol. The third-order valence-corrected chi connectivity index (χ3v) is 12.5. The molecule has 1 saturated carbocycles. The number of alkyl halides is 3. The van der Waals surface area contributed by atoms with Crippen molar-refractivity contribution in [3.05, 3.63) is 122 Å². The summed E-state index contributed by atoms with van der Waals surface area (Å²) in [6.07, 6.45) is -2.04. The molecule has 4 heterocycles. The first-order valence-corrected chi connectivity index (χ1v) is 19.0. The molecule has 4 amide bonds. The number of carbonyl (C=O) groups excluding carboxylic acids is 4. The molecule has 6 atom stereocenters. The van der Waals surface area contributed by atoms with E-state index < -0.39 is 63.6 Å². The quantitative estimate of drug-likeness (QED) is 0.136. The average Bonchev–Trinajstić information content (AvgIpc) is 3.83. The van der Waals surface area contributed by atoms with Crippen LogP contribution in [0.3, 0.4) is 0 Å². The number of hydrogen-bond donors (Lipinski definition) is 2. The number of ether oxygens (including phenoxy) is 1. The number of aliphatic hydroxyl groups excluding tert-OH is 1. The molecule has 0 spiro atoms. The van der Waals surface area contributed by atoms with Gasteiger partial charge in [-0.2, -0.15) is 18.2 Å². The Morgan fingerprint density at radius 3 is 2.38 bits per heavy atom. The number of hydrazine groups is 1. The van der Waals surface area contributed by atoms with Gasteiger partial charge in [-0.15, -0.1) is 11.3 Å². The van der Waals surface area contributed by atoms with Crippen molar-refractivity contribution in [3.63, 3.8) is 0 Å². The van der Waals surface area contributed by atoms with E-state index in [2.05, 4.69) is 10.4 Å². The van der Waals surface area contributed by atoms with E-state index >= 15 is 4.79 Å². The highest BCUT2D eigenvalue weighted by Gasteiger charge is 2.70. The largest absolute Gasteiger partial charge is 0.491 e. The standard InChI is InChI=1S/C39H31Cl2F3N4O6S/c40-23-7-5-21(6-8-23)38-29(35(51)48(37(38)53)46-33-30(41)16-22(18-45-33)39(42,43)44)17-28-26(32(38)20-3-9-24(10-4-20)54-14-13-49)11-12-27-31(28)36(52)47(34(27)50)19-25-2-1-15-55-25/h1-11,15-16,18,27-29,31-32,49H,12-14,17,19H2,(H,45,46). The van der Waals surface area contributed by atoms with E-state index in [9.17, 15) is 32.7 Å². The van der Waals surface area contributed by atoms with Crippen LogP contribution in [0.1, 0.15) is 40.3 Å². The zero-order chi connectivity index (χ0) is 38.8. The van der Waals surface area contributed by atoms with Crippen LogP contribution in [-0.2, 0) is 37.3 Å². The molecular formula is C39H31Cl2F3N4O6S. The zero-order valence-electron chi connectivity index (χ0n) is 28.6. The highest BCUT2D eigenvalue weighted by atomic mass is 35.5. The van der Waals surface area contributed by atoms with E-state index in [0.29, 0.717) is 39.7 Å². The predicted octanol–water partition coefficient (Wildman–Crippen LogP) is 7.02. The number of anilines is 1. The van der Waals surface area contributed by atoms with Gasteiger partial charge in [0, 0.05) is 22.0 Å². The number of likely N-dealkylation sites (tertiary alicyclic amines) is 1.